The number of imidazole rings is 1. The molecule has 1 N–H and O–H groups in total. The fourth-order valence-corrected chi connectivity index (χ4v) is 6.41. The van der Waals surface area contributed by atoms with E-state index in [2.05, 4.69) is 70.2 Å². The Morgan fingerprint density at radius 2 is 1.74 bits per heavy atom. The average Bonchev–Trinajstić information content (AvgIpc) is 3.16. The lowest BCUT2D eigenvalue weighted by atomic mass is 9.84. The minimum Gasteiger partial charge on any atom is -0.378 e. The summed E-state index contributed by atoms with van der Waals surface area (Å²) in [5.74, 6) is 1.54. The summed E-state index contributed by atoms with van der Waals surface area (Å²) in [5.41, 5.74) is 3.53. The Morgan fingerprint density at radius 1 is 1.03 bits per heavy atom. The van der Waals surface area contributed by atoms with Gasteiger partial charge in [0.15, 0.2) is 0 Å². The van der Waals surface area contributed by atoms with Crippen LogP contribution in [0, 0.1) is 12.8 Å². The SMILES string of the molecule is Cc1nc2ccccc2n1[C@H]1C[C@H]2COC[C@@H](C1)N2CC[C@H](NC(=O)C1CCC1)c1ccccc1. The molecular formula is C29H36N4O2. The zero-order valence-corrected chi connectivity index (χ0v) is 20.6. The van der Waals surface area contributed by atoms with Gasteiger partial charge in [-0.25, -0.2) is 4.98 Å². The van der Waals surface area contributed by atoms with Crippen molar-refractivity contribution in [2.24, 2.45) is 5.92 Å². The van der Waals surface area contributed by atoms with Crippen LogP contribution in [0.5, 0.6) is 0 Å². The molecule has 0 spiro atoms. The molecule has 6 rings (SSSR count). The van der Waals surface area contributed by atoms with Crippen molar-refractivity contribution in [2.45, 2.75) is 69.6 Å². The third-order valence-electron chi connectivity index (χ3n) is 8.45. The number of amides is 1. The summed E-state index contributed by atoms with van der Waals surface area (Å²) in [5, 5.41) is 3.39. The third-order valence-corrected chi connectivity index (χ3v) is 8.45. The number of hydrogen-bond acceptors (Lipinski definition) is 4. The second-order valence-electron chi connectivity index (χ2n) is 10.6. The number of hydrogen-bond donors (Lipinski definition) is 1. The summed E-state index contributed by atoms with van der Waals surface area (Å²) in [6, 6.07) is 20.3. The molecular weight excluding hydrogens is 436 g/mol. The first-order chi connectivity index (χ1) is 17.2. The summed E-state index contributed by atoms with van der Waals surface area (Å²) < 4.78 is 8.49. The van der Waals surface area contributed by atoms with Gasteiger partial charge in [-0.2, -0.15) is 0 Å². The topological polar surface area (TPSA) is 59.4 Å². The molecule has 1 amide bonds. The van der Waals surface area contributed by atoms with Crippen LogP contribution in [0.3, 0.4) is 0 Å². The van der Waals surface area contributed by atoms with Crippen LogP contribution in [0.15, 0.2) is 54.6 Å². The molecule has 1 aliphatic carbocycles. The third kappa shape index (κ3) is 4.50. The normalized spacial score (nSPS) is 25.8. The molecule has 6 heteroatoms. The highest BCUT2D eigenvalue weighted by molar-refractivity contribution is 5.79. The van der Waals surface area contributed by atoms with E-state index in [9.17, 15) is 4.79 Å². The molecule has 35 heavy (non-hydrogen) atoms. The molecule has 2 bridgehead atoms. The predicted octanol–water partition coefficient (Wildman–Crippen LogP) is 4.80. The molecule has 1 aromatic heterocycles. The van der Waals surface area contributed by atoms with Crippen LogP contribution < -0.4 is 5.32 Å². The van der Waals surface area contributed by atoms with E-state index in [0.717, 1.165) is 63.2 Å². The Balaban J connectivity index is 1.17. The van der Waals surface area contributed by atoms with E-state index in [-0.39, 0.29) is 17.9 Å². The van der Waals surface area contributed by atoms with Crippen molar-refractivity contribution in [2.75, 3.05) is 19.8 Å². The van der Waals surface area contributed by atoms with Gasteiger partial charge in [0, 0.05) is 30.6 Å². The standard InChI is InChI=1S/C29H36N4O2/c1-20-30-27-12-5-6-13-28(27)33(20)23-16-24-18-35-19-25(17-23)32(24)15-14-26(21-8-3-2-4-9-21)31-29(34)22-10-7-11-22/h2-6,8-9,12-13,22-26H,7,10-11,14-19H2,1H3,(H,31,34)/t23-,24-,25+,26-/m0/s1. The predicted molar refractivity (Wildman–Crippen MR) is 137 cm³/mol. The molecule has 184 valence electrons. The highest BCUT2D eigenvalue weighted by atomic mass is 16.5. The molecule has 0 radical (unpaired) electrons. The van der Waals surface area contributed by atoms with Crippen molar-refractivity contribution in [1.29, 1.82) is 0 Å². The zero-order valence-electron chi connectivity index (χ0n) is 20.6. The largest absolute Gasteiger partial charge is 0.378 e. The van der Waals surface area contributed by atoms with Gasteiger partial charge in [0.25, 0.3) is 0 Å². The van der Waals surface area contributed by atoms with Crippen molar-refractivity contribution in [3.63, 3.8) is 0 Å². The molecule has 2 aliphatic heterocycles. The number of para-hydroxylation sites is 2. The summed E-state index contributed by atoms with van der Waals surface area (Å²) in [7, 11) is 0. The lowest BCUT2D eigenvalue weighted by Gasteiger charge is -2.49. The second-order valence-corrected chi connectivity index (χ2v) is 10.6. The van der Waals surface area contributed by atoms with Crippen LogP contribution in [0.25, 0.3) is 11.0 Å². The first-order valence-electron chi connectivity index (χ1n) is 13.3. The van der Waals surface area contributed by atoms with E-state index in [1.165, 1.54) is 17.5 Å². The maximum Gasteiger partial charge on any atom is 0.223 e. The molecule has 3 aliphatic rings. The number of rotatable bonds is 7. The molecule has 2 saturated heterocycles. The fourth-order valence-electron chi connectivity index (χ4n) is 6.41. The first-order valence-corrected chi connectivity index (χ1v) is 13.3. The lowest BCUT2D eigenvalue weighted by Crippen LogP contribution is -2.57. The molecule has 4 atom stereocenters. The molecule has 3 aromatic rings. The van der Waals surface area contributed by atoms with Crippen molar-refractivity contribution < 1.29 is 9.53 Å². The van der Waals surface area contributed by atoms with Crippen LogP contribution in [0.4, 0.5) is 0 Å². The maximum absolute atomic E-state index is 12.8. The Labute approximate surface area is 207 Å². The van der Waals surface area contributed by atoms with Crippen molar-refractivity contribution in [1.82, 2.24) is 19.8 Å². The number of aryl methyl sites for hydroxylation is 1. The van der Waals surface area contributed by atoms with Crippen LogP contribution in [0.1, 0.15) is 62.0 Å². The molecule has 3 fully saturated rings. The Morgan fingerprint density at radius 3 is 2.46 bits per heavy atom. The first kappa shape index (κ1) is 22.7. The van der Waals surface area contributed by atoms with Crippen LogP contribution in [-0.4, -0.2) is 52.2 Å². The van der Waals surface area contributed by atoms with E-state index in [0.29, 0.717) is 18.1 Å². The fraction of sp³-hybridized carbons (Fsp3) is 0.517. The average molecular weight is 473 g/mol. The zero-order chi connectivity index (χ0) is 23.8. The van der Waals surface area contributed by atoms with Crippen LogP contribution >= 0.6 is 0 Å². The number of benzene rings is 2. The minimum absolute atomic E-state index is 0.0588. The van der Waals surface area contributed by atoms with Gasteiger partial charge < -0.3 is 14.6 Å². The number of nitrogens with one attached hydrogen (secondary N) is 1. The van der Waals surface area contributed by atoms with Gasteiger partial charge in [-0.1, -0.05) is 48.9 Å². The number of nitrogens with zero attached hydrogens (tertiary/aromatic N) is 3. The van der Waals surface area contributed by atoms with Gasteiger partial charge in [0.05, 0.1) is 30.3 Å². The maximum atomic E-state index is 12.8. The van der Waals surface area contributed by atoms with E-state index in [1.807, 2.05) is 6.07 Å². The summed E-state index contributed by atoms with van der Waals surface area (Å²) in [4.78, 5) is 20.3. The Bertz CT molecular complexity index is 1160. The van der Waals surface area contributed by atoms with Crippen molar-refractivity contribution >= 4 is 16.9 Å². The summed E-state index contributed by atoms with van der Waals surface area (Å²) in [6.45, 7) is 4.67. The van der Waals surface area contributed by atoms with E-state index in [4.69, 9.17) is 9.72 Å². The highest BCUT2D eigenvalue weighted by Crippen LogP contribution is 2.37. The Hall–Kier alpha value is -2.70. The van der Waals surface area contributed by atoms with Gasteiger partial charge in [0.1, 0.15) is 5.82 Å². The smallest absolute Gasteiger partial charge is 0.223 e. The van der Waals surface area contributed by atoms with Crippen molar-refractivity contribution in [3.8, 4) is 0 Å². The Kier molecular flexibility index (Phi) is 6.33. The molecule has 2 aromatic carbocycles. The molecule has 0 unspecified atom stereocenters. The number of carbonyl (C=O) groups excluding carboxylic acids is 1. The summed E-state index contributed by atoms with van der Waals surface area (Å²) in [6.07, 6.45) is 6.31. The summed E-state index contributed by atoms with van der Waals surface area (Å²) >= 11 is 0. The number of piperidine rings is 1. The van der Waals surface area contributed by atoms with Crippen LogP contribution in [0.2, 0.25) is 0 Å². The molecule has 1 saturated carbocycles. The monoisotopic (exact) mass is 472 g/mol. The van der Waals surface area contributed by atoms with Crippen LogP contribution in [-0.2, 0) is 9.53 Å². The lowest BCUT2D eigenvalue weighted by molar-refractivity contribution is -0.128. The van der Waals surface area contributed by atoms with E-state index < -0.39 is 0 Å². The molecule has 6 nitrogen and oxygen atoms in total. The highest BCUT2D eigenvalue weighted by Gasteiger charge is 2.40. The van der Waals surface area contributed by atoms with Gasteiger partial charge >= 0.3 is 0 Å². The minimum atomic E-state index is 0.0588. The van der Waals surface area contributed by atoms with Crippen molar-refractivity contribution in [3.05, 3.63) is 66.0 Å². The van der Waals surface area contributed by atoms with E-state index >= 15 is 0 Å². The number of morpholine rings is 1. The van der Waals surface area contributed by atoms with E-state index in [1.54, 1.807) is 0 Å². The second kappa shape index (κ2) is 9.75. The number of fused-ring (bicyclic) bond motifs is 3. The van der Waals surface area contributed by atoms with Gasteiger partial charge in [-0.3, -0.25) is 9.69 Å². The van der Waals surface area contributed by atoms with Gasteiger partial charge in [-0.05, 0) is 56.7 Å². The molecule has 3 heterocycles. The number of carbonyl (C=O) groups is 1. The van der Waals surface area contributed by atoms with Gasteiger partial charge in [0.2, 0.25) is 5.91 Å². The van der Waals surface area contributed by atoms with Gasteiger partial charge in [-0.15, -0.1) is 0 Å². The number of ether oxygens (including phenoxy) is 1. The number of aromatic nitrogens is 2. The quantitative estimate of drug-likeness (QED) is 0.537.